The van der Waals surface area contributed by atoms with Gasteiger partial charge < -0.3 is 10.6 Å². The Hall–Kier alpha value is -4.37. The minimum absolute atomic E-state index is 0.201. The summed E-state index contributed by atoms with van der Waals surface area (Å²) in [6, 6.07) is 40.7. The van der Waals surface area contributed by atoms with Crippen molar-refractivity contribution in [2.45, 2.75) is 0 Å². The summed E-state index contributed by atoms with van der Waals surface area (Å²) in [4.78, 5) is 12.5. The van der Waals surface area contributed by atoms with Crippen LogP contribution < -0.4 is 10.6 Å². The van der Waals surface area contributed by atoms with Crippen LogP contribution in [-0.2, 0) is 0 Å². The molecule has 0 spiro atoms. The highest BCUT2D eigenvalue weighted by Gasteiger charge is 2.06. The van der Waals surface area contributed by atoms with E-state index in [4.69, 9.17) is 0 Å². The van der Waals surface area contributed by atoms with Gasteiger partial charge in [-0.2, -0.15) is 0 Å². The molecule has 4 rings (SSSR count). The Labute approximate surface area is 201 Å². The molecule has 0 aliphatic rings. The maximum Gasteiger partial charge on any atom is 0.315 e. The normalized spacial score (nSPS) is 10.1. The predicted octanol–water partition coefficient (Wildman–Crippen LogP) is 6.55. The molecule has 0 saturated heterocycles. The molecule has 0 saturated carbocycles. The molecule has 34 heavy (non-hydrogen) atoms. The van der Waals surface area contributed by atoms with Crippen LogP contribution in [0.5, 0.6) is 0 Å². The van der Waals surface area contributed by atoms with E-state index in [2.05, 4.69) is 71.3 Å². The number of urea groups is 1. The summed E-state index contributed by atoms with van der Waals surface area (Å²) in [5.74, 6) is 0. The third-order valence-corrected chi connectivity index (χ3v) is 5.48. The second-order valence-corrected chi connectivity index (χ2v) is 7.79. The largest absolute Gasteiger partial charge is 0.335 e. The van der Waals surface area contributed by atoms with E-state index in [1.54, 1.807) is 0 Å². The fourth-order valence-corrected chi connectivity index (χ4v) is 3.83. The number of amides is 2. The number of hydrogen-bond donors (Lipinski definition) is 2. The first-order valence-electron chi connectivity index (χ1n) is 11.4. The molecule has 0 aliphatic heterocycles. The van der Waals surface area contributed by atoms with Gasteiger partial charge in [0, 0.05) is 13.1 Å². The van der Waals surface area contributed by atoms with Crippen LogP contribution in [0.2, 0.25) is 0 Å². The third-order valence-electron chi connectivity index (χ3n) is 5.48. The van der Waals surface area contributed by atoms with E-state index in [0.717, 1.165) is 33.4 Å². The molecule has 0 aromatic heterocycles. The van der Waals surface area contributed by atoms with Crippen molar-refractivity contribution in [3.8, 4) is 0 Å². The molecule has 4 aromatic rings. The van der Waals surface area contributed by atoms with Gasteiger partial charge in [-0.1, -0.05) is 133 Å². The van der Waals surface area contributed by atoms with Crippen molar-refractivity contribution in [2.24, 2.45) is 0 Å². The van der Waals surface area contributed by atoms with Gasteiger partial charge in [0.1, 0.15) is 0 Å². The summed E-state index contributed by atoms with van der Waals surface area (Å²) in [6.45, 7) is 0.859. The number of hydrogen-bond acceptors (Lipinski definition) is 1. The van der Waals surface area contributed by atoms with Gasteiger partial charge in [0.05, 0.1) is 0 Å². The van der Waals surface area contributed by atoms with Crippen LogP contribution in [0, 0.1) is 0 Å². The topological polar surface area (TPSA) is 41.1 Å². The van der Waals surface area contributed by atoms with Crippen LogP contribution >= 0.6 is 0 Å². The van der Waals surface area contributed by atoms with Crippen LogP contribution in [0.15, 0.2) is 133 Å². The van der Waals surface area contributed by atoms with Gasteiger partial charge in [-0.3, -0.25) is 0 Å². The minimum Gasteiger partial charge on any atom is -0.335 e. The van der Waals surface area contributed by atoms with Crippen molar-refractivity contribution in [3.63, 3.8) is 0 Å². The highest BCUT2D eigenvalue weighted by molar-refractivity contribution is 5.82. The molecule has 168 valence electrons. The van der Waals surface area contributed by atoms with Gasteiger partial charge in [0.2, 0.25) is 0 Å². The SMILES string of the molecule is O=C(NCC=C(c1ccccc1)c1ccccc1)NCC=C(c1ccccc1)c1ccccc1. The smallest absolute Gasteiger partial charge is 0.315 e. The first kappa shape index (κ1) is 22.8. The molecular formula is C31H28N2O. The van der Waals surface area contributed by atoms with Crippen molar-refractivity contribution in [1.82, 2.24) is 10.6 Å². The number of benzene rings is 4. The van der Waals surface area contributed by atoms with Gasteiger partial charge in [-0.25, -0.2) is 4.79 Å². The molecule has 0 bridgehead atoms. The first-order valence-corrected chi connectivity index (χ1v) is 11.4. The fourth-order valence-electron chi connectivity index (χ4n) is 3.83. The lowest BCUT2D eigenvalue weighted by atomic mass is 9.97. The molecule has 2 N–H and O–H groups in total. The Balaban J connectivity index is 1.41. The second-order valence-electron chi connectivity index (χ2n) is 7.79. The van der Waals surface area contributed by atoms with Crippen LogP contribution in [0.25, 0.3) is 11.1 Å². The lowest BCUT2D eigenvalue weighted by Gasteiger charge is -2.11. The molecule has 0 fully saturated rings. The summed E-state index contributed by atoms with van der Waals surface area (Å²) in [7, 11) is 0. The summed E-state index contributed by atoms with van der Waals surface area (Å²) in [5, 5.41) is 5.90. The molecule has 0 heterocycles. The maximum absolute atomic E-state index is 12.5. The van der Waals surface area contributed by atoms with Crippen LogP contribution in [0.3, 0.4) is 0 Å². The zero-order valence-electron chi connectivity index (χ0n) is 19.0. The van der Waals surface area contributed by atoms with Gasteiger partial charge in [-0.15, -0.1) is 0 Å². The average molecular weight is 445 g/mol. The molecule has 0 radical (unpaired) electrons. The number of carbonyl (C=O) groups excluding carboxylic acids is 1. The molecule has 3 heteroatoms. The average Bonchev–Trinajstić information content (AvgIpc) is 2.91. The third kappa shape index (κ3) is 6.33. The Morgan fingerprint density at radius 3 is 1.00 bits per heavy atom. The van der Waals surface area contributed by atoms with Gasteiger partial charge in [0.15, 0.2) is 0 Å². The van der Waals surface area contributed by atoms with E-state index < -0.39 is 0 Å². The van der Waals surface area contributed by atoms with Crippen molar-refractivity contribution in [1.29, 1.82) is 0 Å². The van der Waals surface area contributed by atoms with Crippen molar-refractivity contribution in [3.05, 3.63) is 156 Å². The molecule has 4 aromatic carbocycles. The zero-order valence-corrected chi connectivity index (χ0v) is 19.0. The monoisotopic (exact) mass is 444 g/mol. The molecule has 0 aliphatic carbocycles. The number of nitrogens with one attached hydrogen (secondary N) is 2. The van der Waals surface area contributed by atoms with Crippen LogP contribution in [0.4, 0.5) is 4.79 Å². The summed E-state index contributed by atoms with van der Waals surface area (Å²) < 4.78 is 0. The molecule has 2 amide bonds. The van der Waals surface area contributed by atoms with E-state index in [1.165, 1.54) is 0 Å². The summed E-state index contributed by atoms with van der Waals surface area (Å²) in [5.41, 5.74) is 6.67. The Bertz CT molecular complexity index is 1050. The van der Waals surface area contributed by atoms with E-state index in [0.29, 0.717) is 13.1 Å². The van der Waals surface area contributed by atoms with E-state index >= 15 is 0 Å². The minimum atomic E-state index is -0.201. The lowest BCUT2D eigenvalue weighted by Crippen LogP contribution is -2.35. The Kier molecular flexibility index (Phi) is 8.07. The van der Waals surface area contributed by atoms with Crippen molar-refractivity contribution < 1.29 is 4.79 Å². The molecular weight excluding hydrogens is 416 g/mol. The quantitative estimate of drug-likeness (QED) is 0.318. The Morgan fingerprint density at radius 1 is 0.471 bits per heavy atom. The first-order chi connectivity index (χ1) is 16.8. The zero-order chi connectivity index (χ0) is 23.4. The van der Waals surface area contributed by atoms with Crippen LogP contribution in [0.1, 0.15) is 22.3 Å². The van der Waals surface area contributed by atoms with Crippen LogP contribution in [-0.4, -0.2) is 19.1 Å². The van der Waals surface area contributed by atoms with E-state index in [1.807, 2.05) is 72.8 Å². The molecule has 3 nitrogen and oxygen atoms in total. The fraction of sp³-hybridized carbons (Fsp3) is 0.0645. The lowest BCUT2D eigenvalue weighted by molar-refractivity contribution is 0.243. The predicted molar refractivity (Wildman–Crippen MR) is 141 cm³/mol. The number of rotatable bonds is 8. The summed E-state index contributed by atoms with van der Waals surface area (Å²) in [6.07, 6.45) is 4.11. The number of carbonyl (C=O) groups is 1. The van der Waals surface area contributed by atoms with Gasteiger partial charge in [0.25, 0.3) is 0 Å². The highest BCUT2D eigenvalue weighted by Crippen LogP contribution is 2.23. The maximum atomic E-state index is 12.5. The summed E-state index contributed by atoms with van der Waals surface area (Å²) >= 11 is 0. The standard InChI is InChI=1S/C31H28N2O/c34-31(32-23-21-29(25-13-5-1-6-14-25)26-15-7-2-8-16-26)33-24-22-30(27-17-9-3-10-18-27)28-19-11-4-12-20-28/h1-22H,23-24H2,(H2,32,33,34). The Morgan fingerprint density at radius 2 is 0.735 bits per heavy atom. The van der Waals surface area contributed by atoms with Crippen molar-refractivity contribution >= 4 is 17.2 Å². The molecule has 0 atom stereocenters. The van der Waals surface area contributed by atoms with E-state index in [-0.39, 0.29) is 6.03 Å². The van der Waals surface area contributed by atoms with Gasteiger partial charge >= 0.3 is 6.03 Å². The van der Waals surface area contributed by atoms with E-state index in [9.17, 15) is 4.79 Å². The second kappa shape index (κ2) is 12.0. The van der Waals surface area contributed by atoms with Crippen molar-refractivity contribution in [2.75, 3.05) is 13.1 Å². The van der Waals surface area contributed by atoms with Gasteiger partial charge in [-0.05, 0) is 33.4 Å². The highest BCUT2D eigenvalue weighted by atomic mass is 16.2. The molecule has 0 unspecified atom stereocenters.